The van der Waals surface area contributed by atoms with Crippen molar-refractivity contribution < 1.29 is 13.9 Å². The molecule has 32 heavy (non-hydrogen) atoms. The van der Waals surface area contributed by atoms with Crippen molar-refractivity contribution in [2.24, 2.45) is 0 Å². The summed E-state index contributed by atoms with van der Waals surface area (Å²) in [7, 11) is 1.64. The van der Waals surface area contributed by atoms with Crippen LogP contribution in [-0.2, 0) is 11.2 Å². The van der Waals surface area contributed by atoms with Crippen molar-refractivity contribution in [3.8, 4) is 16.9 Å². The van der Waals surface area contributed by atoms with Gasteiger partial charge in [0.15, 0.2) is 5.58 Å². The number of aryl methyl sites for hydroxylation is 1. The van der Waals surface area contributed by atoms with Crippen LogP contribution in [-0.4, -0.2) is 29.4 Å². The second-order valence-electron chi connectivity index (χ2n) is 8.37. The molecule has 3 aromatic carbocycles. The van der Waals surface area contributed by atoms with Gasteiger partial charge in [-0.3, -0.25) is 4.79 Å². The molecule has 5 nitrogen and oxygen atoms in total. The number of likely N-dealkylation sites (tertiary alicyclic amines) is 1. The SMILES string of the molecule is COc1ccc(CC(=O)N2CCCC2c2nc3cc(-c4cccc(C)c4)ccc3o2)cc1. The second-order valence-corrected chi connectivity index (χ2v) is 8.37. The summed E-state index contributed by atoms with van der Waals surface area (Å²) < 4.78 is 11.3. The molecule has 2 heterocycles. The first-order valence-corrected chi connectivity index (χ1v) is 11.0. The molecule has 0 saturated carbocycles. The third kappa shape index (κ3) is 3.98. The van der Waals surface area contributed by atoms with Crippen LogP contribution in [0.1, 0.15) is 35.9 Å². The van der Waals surface area contributed by atoms with Gasteiger partial charge in [-0.1, -0.05) is 48.0 Å². The van der Waals surface area contributed by atoms with Crippen LogP contribution in [0.3, 0.4) is 0 Å². The molecule has 0 bridgehead atoms. The Labute approximate surface area is 187 Å². The van der Waals surface area contributed by atoms with Crippen LogP contribution in [0.4, 0.5) is 0 Å². The number of amides is 1. The predicted molar refractivity (Wildman–Crippen MR) is 125 cm³/mol. The Morgan fingerprint density at radius 2 is 1.91 bits per heavy atom. The molecular formula is C27H26N2O3. The van der Waals surface area contributed by atoms with E-state index in [4.69, 9.17) is 14.1 Å². The zero-order valence-electron chi connectivity index (χ0n) is 18.4. The van der Waals surface area contributed by atoms with E-state index in [0.717, 1.165) is 52.9 Å². The second kappa shape index (κ2) is 8.50. The van der Waals surface area contributed by atoms with E-state index in [2.05, 4.69) is 43.3 Å². The molecule has 1 aromatic heterocycles. The Balaban J connectivity index is 1.37. The molecule has 1 fully saturated rings. The van der Waals surface area contributed by atoms with Crippen LogP contribution in [0, 0.1) is 6.92 Å². The Kier molecular flexibility index (Phi) is 5.39. The molecule has 0 radical (unpaired) electrons. The Hall–Kier alpha value is -3.60. The Bertz CT molecular complexity index is 1260. The molecule has 0 spiro atoms. The molecular weight excluding hydrogens is 400 g/mol. The van der Waals surface area contributed by atoms with Crippen molar-refractivity contribution in [2.45, 2.75) is 32.2 Å². The highest BCUT2D eigenvalue weighted by atomic mass is 16.5. The van der Waals surface area contributed by atoms with Crippen molar-refractivity contribution in [2.75, 3.05) is 13.7 Å². The number of hydrogen-bond acceptors (Lipinski definition) is 4. The zero-order chi connectivity index (χ0) is 22.1. The molecule has 1 saturated heterocycles. The summed E-state index contributed by atoms with van der Waals surface area (Å²) in [6, 6.07) is 22.1. The first-order chi connectivity index (χ1) is 15.6. The number of rotatable bonds is 5. The normalized spacial score (nSPS) is 15.9. The molecule has 162 valence electrons. The van der Waals surface area contributed by atoms with Gasteiger partial charge in [-0.25, -0.2) is 4.98 Å². The number of benzene rings is 3. The largest absolute Gasteiger partial charge is 0.497 e. The number of aromatic nitrogens is 1. The smallest absolute Gasteiger partial charge is 0.227 e. The monoisotopic (exact) mass is 426 g/mol. The van der Waals surface area contributed by atoms with Gasteiger partial charge in [0.25, 0.3) is 0 Å². The third-order valence-corrected chi connectivity index (χ3v) is 6.13. The lowest BCUT2D eigenvalue weighted by molar-refractivity contribution is -0.131. The average Bonchev–Trinajstić information content (AvgIpc) is 3.46. The van der Waals surface area contributed by atoms with Crippen LogP contribution < -0.4 is 4.74 Å². The van der Waals surface area contributed by atoms with Crippen molar-refractivity contribution in [1.29, 1.82) is 0 Å². The number of carbonyl (C=O) groups excluding carboxylic acids is 1. The molecule has 1 amide bonds. The Morgan fingerprint density at radius 1 is 1.09 bits per heavy atom. The minimum Gasteiger partial charge on any atom is -0.497 e. The maximum absolute atomic E-state index is 13.1. The highest BCUT2D eigenvalue weighted by molar-refractivity contribution is 5.81. The molecule has 1 aliphatic rings. The van der Waals surface area contributed by atoms with Gasteiger partial charge in [0.05, 0.1) is 13.5 Å². The van der Waals surface area contributed by atoms with Gasteiger partial charge >= 0.3 is 0 Å². The van der Waals surface area contributed by atoms with E-state index < -0.39 is 0 Å². The fourth-order valence-electron chi connectivity index (χ4n) is 4.43. The van der Waals surface area contributed by atoms with E-state index in [9.17, 15) is 4.79 Å². The van der Waals surface area contributed by atoms with Crippen molar-refractivity contribution >= 4 is 17.0 Å². The average molecular weight is 427 g/mol. The van der Waals surface area contributed by atoms with Gasteiger partial charge in [0, 0.05) is 6.54 Å². The van der Waals surface area contributed by atoms with Crippen molar-refractivity contribution in [3.63, 3.8) is 0 Å². The van der Waals surface area contributed by atoms with Gasteiger partial charge in [-0.15, -0.1) is 0 Å². The van der Waals surface area contributed by atoms with Crippen LogP contribution in [0.25, 0.3) is 22.2 Å². The summed E-state index contributed by atoms with van der Waals surface area (Å²) in [5.41, 5.74) is 6.05. The van der Waals surface area contributed by atoms with E-state index in [1.807, 2.05) is 35.2 Å². The Morgan fingerprint density at radius 3 is 2.69 bits per heavy atom. The summed E-state index contributed by atoms with van der Waals surface area (Å²) in [6.07, 6.45) is 2.18. The summed E-state index contributed by atoms with van der Waals surface area (Å²) in [4.78, 5) is 19.8. The quantitative estimate of drug-likeness (QED) is 0.410. The number of methoxy groups -OCH3 is 1. The highest BCUT2D eigenvalue weighted by Crippen LogP contribution is 2.35. The molecule has 5 rings (SSSR count). The fourth-order valence-corrected chi connectivity index (χ4v) is 4.43. The topological polar surface area (TPSA) is 55.6 Å². The number of nitrogens with zero attached hydrogens (tertiary/aromatic N) is 2. The molecule has 0 aliphatic carbocycles. The molecule has 1 unspecified atom stereocenters. The van der Waals surface area contributed by atoms with Crippen LogP contribution in [0.15, 0.2) is 71.1 Å². The molecule has 4 aromatic rings. The van der Waals surface area contributed by atoms with Crippen LogP contribution >= 0.6 is 0 Å². The van der Waals surface area contributed by atoms with Crippen LogP contribution in [0.5, 0.6) is 5.75 Å². The molecule has 1 aliphatic heterocycles. The number of carbonyl (C=O) groups is 1. The van der Waals surface area contributed by atoms with Gasteiger partial charge in [0.1, 0.15) is 17.3 Å². The van der Waals surface area contributed by atoms with Gasteiger partial charge in [0.2, 0.25) is 11.8 Å². The predicted octanol–water partition coefficient (Wildman–Crippen LogP) is 5.72. The van der Waals surface area contributed by atoms with E-state index in [-0.39, 0.29) is 11.9 Å². The third-order valence-electron chi connectivity index (χ3n) is 6.13. The minimum atomic E-state index is -0.115. The van der Waals surface area contributed by atoms with Gasteiger partial charge < -0.3 is 14.1 Å². The number of hydrogen-bond donors (Lipinski definition) is 0. The maximum atomic E-state index is 13.1. The van der Waals surface area contributed by atoms with E-state index >= 15 is 0 Å². The lowest BCUT2D eigenvalue weighted by Crippen LogP contribution is -2.32. The number of oxazole rings is 1. The summed E-state index contributed by atoms with van der Waals surface area (Å²) >= 11 is 0. The summed E-state index contributed by atoms with van der Waals surface area (Å²) in [6.45, 7) is 2.82. The van der Waals surface area contributed by atoms with Crippen LogP contribution in [0.2, 0.25) is 0 Å². The number of ether oxygens (including phenoxy) is 1. The molecule has 1 atom stereocenters. The van der Waals surface area contributed by atoms with Gasteiger partial charge in [-0.2, -0.15) is 0 Å². The minimum absolute atomic E-state index is 0.0976. The lowest BCUT2D eigenvalue weighted by Gasteiger charge is -2.22. The van der Waals surface area contributed by atoms with Crippen molar-refractivity contribution in [3.05, 3.63) is 83.7 Å². The summed E-state index contributed by atoms with van der Waals surface area (Å²) in [5.74, 6) is 1.51. The lowest BCUT2D eigenvalue weighted by atomic mass is 10.0. The fraction of sp³-hybridized carbons (Fsp3) is 0.259. The van der Waals surface area contributed by atoms with E-state index in [0.29, 0.717) is 12.3 Å². The van der Waals surface area contributed by atoms with Crippen molar-refractivity contribution in [1.82, 2.24) is 9.88 Å². The summed E-state index contributed by atoms with van der Waals surface area (Å²) in [5, 5.41) is 0. The zero-order valence-corrected chi connectivity index (χ0v) is 18.4. The van der Waals surface area contributed by atoms with E-state index in [1.54, 1.807) is 7.11 Å². The van der Waals surface area contributed by atoms with Gasteiger partial charge in [-0.05, 0) is 60.7 Å². The first kappa shape index (κ1) is 20.3. The maximum Gasteiger partial charge on any atom is 0.227 e. The number of fused-ring (bicyclic) bond motifs is 1. The molecule has 0 N–H and O–H groups in total. The molecule has 5 heteroatoms. The highest BCUT2D eigenvalue weighted by Gasteiger charge is 2.33. The first-order valence-electron chi connectivity index (χ1n) is 11.0. The standard InChI is InChI=1S/C27H26N2O3/c1-18-5-3-6-20(15-18)21-10-13-25-23(17-21)28-27(32-25)24-7-4-14-29(24)26(30)16-19-8-11-22(31-2)12-9-19/h3,5-6,8-13,15,17,24H,4,7,14,16H2,1-2H3. The van der Waals surface area contributed by atoms with E-state index in [1.165, 1.54) is 5.56 Å².